The standard InChI is InChI=1S/C44H67NO11/c1-26(2)36-25-35(46)29(5)23-31(7)39(48)40(54-10)38(47)30(6)22-27(3)16-12-11-13-17-28(4)37(53-9)24-33-20-19-32(8)44(52,56-33)41(49)42(50)45-21-15-14-18-34(45)43(51)55-36/h11,13,17,23,27,29-30,32-34,37,39-40,48,52H,12,14-16,18-22,24-25H2,1-10H3/b13-11?,28-17?,31-23+/t27-,29-,30-,32-,33+,34+,37+,39-,40+,44-/m1/s1. The number of carbonyl (C=O) groups excluding carboxylic acids is 5. The fraction of sp³-hybridized carbons (Fsp3) is 0.705. The molecule has 3 aliphatic heterocycles. The van der Waals surface area contributed by atoms with Crippen LogP contribution in [0.4, 0.5) is 0 Å². The molecule has 10 atom stereocenters. The number of allylic oxidation sites excluding steroid dienone is 6. The van der Waals surface area contributed by atoms with Crippen molar-refractivity contribution in [3.8, 4) is 0 Å². The Morgan fingerprint density at radius 2 is 1.61 bits per heavy atom. The summed E-state index contributed by atoms with van der Waals surface area (Å²) in [6, 6.07) is -1.11. The average molecular weight is 786 g/mol. The number of esters is 1. The number of ether oxygens (including phenoxy) is 4. The van der Waals surface area contributed by atoms with Gasteiger partial charge in [-0.3, -0.25) is 19.2 Å². The lowest BCUT2D eigenvalue weighted by molar-refractivity contribution is -0.265. The van der Waals surface area contributed by atoms with Crippen molar-refractivity contribution in [2.24, 2.45) is 23.7 Å². The molecule has 0 radical (unpaired) electrons. The number of Topliss-reactive ketones (excluding diaryl/α,β-unsaturated/α-hetero) is 3. The van der Waals surface area contributed by atoms with Crippen molar-refractivity contribution >= 4 is 29.2 Å². The van der Waals surface area contributed by atoms with E-state index in [0.717, 1.165) is 23.3 Å². The molecule has 3 aliphatic rings. The highest BCUT2D eigenvalue weighted by atomic mass is 16.6. The lowest BCUT2D eigenvalue weighted by atomic mass is 9.85. The monoisotopic (exact) mass is 785 g/mol. The quantitative estimate of drug-likeness (QED) is 0.188. The van der Waals surface area contributed by atoms with Crippen LogP contribution in [0.3, 0.4) is 0 Å². The van der Waals surface area contributed by atoms with Crippen LogP contribution >= 0.6 is 0 Å². The van der Waals surface area contributed by atoms with Gasteiger partial charge < -0.3 is 34.1 Å². The largest absolute Gasteiger partial charge is 0.429 e. The van der Waals surface area contributed by atoms with Gasteiger partial charge in [0.1, 0.15) is 29.8 Å². The Kier molecular flexibility index (Phi) is 18.0. The molecule has 2 saturated heterocycles. The van der Waals surface area contributed by atoms with Gasteiger partial charge >= 0.3 is 5.97 Å². The SMILES string of the molecule is CO[C@H]1C[C@@H]2CC[C@@H](C)[C@@](O)(O2)C(=O)C(=O)N2CCCC[C@H]2C(=O)OC(=C(C)C)CC(=O)[C@H](C)/C=C(\C)[C@@H](O)[C@@H](OC)C(=O)[C@H](C)C[C@H](C)CCC=CC=C1C. The molecule has 0 aromatic heterocycles. The van der Waals surface area contributed by atoms with Gasteiger partial charge in [0.2, 0.25) is 5.79 Å². The molecular formula is C44H67NO11. The first kappa shape index (κ1) is 47.1. The van der Waals surface area contributed by atoms with E-state index >= 15 is 0 Å². The first-order valence-corrected chi connectivity index (χ1v) is 20.3. The third kappa shape index (κ3) is 12.1. The molecule has 12 heteroatoms. The Labute approximate surface area is 333 Å². The van der Waals surface area contributed by atoms with Crippen LogP contribution in [0.2, 0.25) is 0 Å². The van der Waals surface area contributed by atoms with Crippen LogP contribution in [0, 0.1) is 23.7 Å². The second-order valence-corrected chi connectivity index (χ2v) is 16.6. The van der Waals surface area contributed by atoms with Crippen molar-refractivity contribution < 1.29 is 53.1 Å². The number of rotatable bonds is 2. The summed E-state index contributed by atoms with van der Waals surface area (Å²) in [4.78, 5) is 69.8. The van der Waals surface area contributed by atoms with Crippen LogP contribution in [0.25, 0.3) is 0 Å². The zero-order valence-corrected chi connectivity index (χ0v) is 35.3. The maximum Gasteiger partial charge on any atom is 0.333 e. The number of cyclic esters (lactones) is 1. The summed E-state index contributed by atoms with van der Waals surface area (Å²) >= 11 is 0. The number of hydrogen-bond acceptors (Lipinski definition) is 11. The highest BCUT2D eigenvalue weighted by Crippen LogP contribution is 2.37. The number of amides is 1. The third-order valence-corrected chi connectivity index (χ3v) is 11.7. The van der Waals surface area contributed by atoms with E-state index in [1.54, 1.807) is 47.8 Å². The molecule has 0 aromatic carbocycles. The van der Waals surface area contributed by atoms with Gasteiger partial charge in [-0.2, -0.15) is 0 Å². The number of piperidine rings is 1. The summed E-state index contributed by atoms with van der Waals surface area (Å²) in [7, 11) is 2.97. The summed E-state index contributed by atoms with van der Waals surface area (Å²) in [5, 5.41) is 23.0. The van der Waals surface area contributed by atoms with Crippen molar-refractivity contribution in [1.29, 1.82) is 0 Å². The van der Waals surface area contributed by atoms with Gasteiger partial charge in [-0.1, -0.05) is 52.0 Å². The van der Waals surface area contributed by atoms with Crippen LogP contribution in [0.5, 0.6) is 0 Å². The van der Waals surface area contributed by atoms with E-state index in [2.05, 4.69) is 13.0 Å². The lowest BCUT2D eigenvalue weighted by Crippen LogP contribution is -2.60. The average Bonchev–Trinajstić information content (AvgIpc) is 3.16. The van der Waals surface area contributed by atoms with E-state index in [4.69, 9.17) is 18.9 Å². The third-order valence-electron chi connectivity index (χ3n) is 11.7. The van der Waals surface area contributed by atoms with Crippen LogP contribution in [-0.4, -0.2) is 101 Å². The van der Waals surface area contributed by atoms with Gasteiger partial charge in [-0.25, -0.2) is 4.79 Å². The highest BCUT2D eigenvalue weighted by Gasteiger charge is 2.53. The number of carbonyl (C=O) groups is 5. The molecule has 0 aliphatic carbocycles. The lowest BCUT2D eigenvalue weighted by Gasteiger charge is -2.42. The Bertz CT molecular complexity index is 1540. The van der Waals surface area contributed by atoms with Crippen LogP contribution in [0.15, 0.2) is 46.8 Å². The molecule has 12 nitrogen and oxygen atoms in total. The number of fused-ring (bicyclic) bond motifs is 3. The molecule has 2 fully saturated rings. The van der Waals surface area contributed by atoms with Crippen molar-refractivity contribution in [1.82, 2.24) is 4.90 Å². The zero-order valence-electron chi connectivity index (χ0n) is 35.3. The maximum atomic E-state index is 13.9. The first-order chi connectivity index (χ1) is 26.4. The zero-order chi connectivity index (χ0) is 41.9. The second kappa shape index (κ2) is 21.5. The molecule has 0 spiro atoms. The summed E-state index contributed by atoms with van der Waals surface area (Å²) in [6.07, 6.45) is 8.95. The van der Waals surface area contributed by atoms with Crippen LogP contribution < -0.4 is 0 Å². The number of ketones is 3. The highest BCUT2D eigenvalue weighted by molar-refractivity contribution is 6.39. The van der Waals surface area contributed by atoms with Gasteiger partial charge in [0.15, 0.2) is 5.78 Å². The van der Waals surface area contributed by atoms with E-state index < -0.39 is 59.6 Å². The number of nitrogens with zero attached hydrogens (tertiary/aromatic N) is 1. The number of methoxy groups -OCH3 is 2. The van der Waals surface area contributed by atoms with Gasteiger partial charge in [0, 0.05) is 44.9 Å². The predicted octanol–water partition coefficient (Wildman–Crippen LogP) is 6.13. The molecule has 3 heterocycles. The number of hydrogen-bond donors (Lipinski definition) is 2. The van der Waals surface area contributed by atoms with E-state index in [1.165, 1.54) is 7.11 Å². The molecule has 0 aromatic rings. The normalized spacial score (nSPS) is 35.6. The van der Waals surface area contributed by atoms with E-state index in [0.29, 0.717) is 49.7 Å². The minimum Gasteiger partial charge on any atom is -0.429 e. The van der Waals surface area contributed by atoms with Crippen LogP contribution in [-0.2, 0) is 42.9 Å². The van der Waals surface area contributed by atoms with Gasteiger partial charge in [0.25, 0.3) is 11.7 Å². The molecule has 2 bridgehead atoms. The van der Waals surface area contributed by atoms with Crippen molar-refractivity contribution in [2.75, 3.05) is 20.8 Å². The fourth-order valence-electron chi connectivity index (χ4n) is 7.89. The molecule has 314 valence electrons. The topological polar surface area (TPSA) is 166 Å². The van der Waals surface area contributed by atoms with Gasteiger partial charge in [0.05, 0.1) is 18.6 Å². The predicted molar refractivity (Wildman–Crippen MR) is 212 cm³/mol. The van der Waals surface area contributed by atoms with E-state index in [-0.39, 0.29) is 54.7 Å². The summed E-state index contributed by atoms with van der Waals surface area (Å²) in [6.45, 7) is 14.4. The molecule has 56 heavy (non-hydrogen) atoms. The van der Waals surface area contributed by atoms with Crippen molar-refractivity contribution in [2.45, 2.75) is 156 Å². The molecule has 0 saturated carbocycles. The molecule has 1 amide bonds. The fourth-order valence-corrected chi connectivity index (χ4v) is 7.89. The molecule has 0 unspecified atom stereocenters. The summed E-state index contributed by atoms with van der Waals surface area (Å²) < 4.78 is 23.2. The molecule has 2 N–H and O–H groups in total. The van der Waals surface area contributed by atoms with E-state index in [9.17, 15) is 34.2 Å². The first-order valence-electron chi connectivity index (χ1n) is 20.3. The minimum atomic E-state index is -2.39. The van der Waals surface area contributed by atoms with Gasteiger partial charge in [-0.15, -0.1) is 0 Å². The Morgan fingerprint density at radius 1 is 0.911 bits per heavy atom. The van der Waals surface area contributed by atoms with Gasteiger partial charge in [-0.05, 0) is 102 Å². The Morgan fingerprint density at radius 3 is 2.25 bits per heavy atom. The van der Waals surface area contributed by atoms with Crippen molar-refractivity contribution in [3.63, 3.8) is 0 Å². The summed E-state index contributed by atoms with van der Waals surface area (Å²) in [5.41, 5.74) is 1.90. The molecule has 3 rings (SSSR count). The second-order valence-electron chi connectivity index (χ2n) is 16.6. The van der Waals surface area contributed by atoms with E-state index in [1.807, 2.05) is 26.0 Å². The Hall–Kier alpha value is -3.29. The Balaban J connectivity index is 1.97. The van der Waals surface area contributed by atoms with Crippen molar-refractivity contribution in [3.05, 3.63) is 46.8 Å². The van der Waals surface area contributed by atoms with Crippen LogP contribution in [0.1, 0.15) is 120 Å². The summed E-state index contributed by atoms with van der Waals surface area (Å²) in [5.74, 6) is -7.25. The smallest absolute Gasteiger partial charge is 0.333 e. The number of aliphatic hydroxyl groups is 2. The molecular weight excluding hydrogens is 718 g/mol. The minimum absolute atomic E-state index is 0.108. The maximum absolute atomic E-state index is 13.9. The number of aliphatic hydroxyl groups excluding tert-OH is 1.